The first-order valence-corrected chi connectivity index (χ1v) is 6.41. The van der Waals surface area contributed by atoms with Crippen LogP contribution in [0.3, 0.4) is 0 Å². The van der Waals surface area contributed by atoms with Crippen molar-refractivity contribution in [2.75, 3.05) is 5.32 Å². The lowest BCUT2D eigenvalue weighted by Crippen LogP contribution is -2.29. The minimum Gasteiger partial charge on any atom is -0.481 e. The molecule has 0 saturated carbocycles. The van der Waals surface area contributed by atoms with E-state index in [0.717, 1.165) is 10.8 Å². The van der Waals surface area contributed by atoms with Crippen LogP contribution in [0, 0.1) is 5.41 Å². The molecule has 0 unspecified atom stereocenters. The molecule has 0 aliphatic heterocycles. The zero-order valence-electron chi connectivity index (χ0n) is 11.5. The first kappa shape index (κ1) is 14.1. The molecule has 20 heavy (non-hydrogen) atoms. The fourth-order valence-electron chi connectivity index (χ4n) is 2.01. The van der Waals surface area contributed by atoms with Gasteiger partial charge in [-0.05, 0) is 25.3 Å². The average molecular weight is 271 g/mol. The standard InChI is InChI=1S/C16H17NO3/c1-16(2,15(19)20)10-14(18)17-13-9-5-7-11-6-3-4-8-12(11)13/h3-9H,10H2,1-2H3,(H,17,18)(H,19,20). The Labute approximate surface area is 117 Å². The van der Waals surface area contributed by atoms with Crippen LogP contribution >= 0.6 is 0 Å². The van der Waals surface area contributed by atoms with Crippen LogP contribution in [0.2, 0.25) is 0 Å². The van der Waals surface area contributed by atoms with Crippen molar-refractivity contribution < 1.29 is 14.7 Å². The third-order valence-corrected chi connectivity index (χ3v) is 3.25. The predicted molar refractivity (Wildman–Crippen MR) is 78.6 cm³/mol. The predicted octanol–water partition coefficient (Wildman–Crippen LogP) is 3.28. The molecule has 0 fully saturated rings. The van der Waals surface area contributed by atoms with Gasteiger partial charge in [0, 0.05) is 17.5 Å². The summed E-state index contributed by atoms with van der Waals surface area (Å²) in [5.41, 5.74) is -0.372. The highest BCUT2D eigenvalue weighted by atomic mass is 16.4. The molecule has 2 aromatic rings. The lowest BCUT2D eigenvalue weighted by molar-refractivity contribution is -0.148. The van der Waals surface area contributed by atoms with E-state index in [1.165, 1.54) is 13.8 Å². The first-order chi connectivity index (χ1) is 9.40. The van der Waals surface area contributed by atoms with Crippen LogP contribution in [0.4, 0.5) is 5.69 Å². The third kappa shape index (κ3) is 2.96. The monoisotopic (exact) mass is 271 g/mol. The van der Waals surface area contributed by atoms with Crippen LogP contribution in [0.15, 0.2) is 42.5 Å². The summed E-state index contributed by atoms with van der Waals surface area (Å²) in [5, 5.41) is 13.8. The second kappa shape index (κ2) is 5.33. The van der Waals surface area contributed by atoms with Gasteiger partial charge in [-0.15, -0.1) is 0 Å². The van der Waals surface area contributed by atoms with E-state index in [-0.39, 0.29) is 12.3 Å². The molecule has 2 rings (SSSR count). The molecular formula is C16H17NO3. The molecular weight excluding hydrogens is 254 g/mol. The zero-order valence-corrected chi connectivity index (χ0v) is 11.5. The van der Waals surface area contributed by atoms with Crippen molar-refractivity contribution >= 4 is 28.3 Å². The average Bonchev–Trinajstić information content (AvgIpc) is 2.38. The van der Waals surface area contributed by atoms with Crippen LogP contribution in [0.25, 0.3) is 10.8 Å². The summed E-state index contributed by atoms with van der Waals surface area (Å²) in [4.78, 5) is 23.0. The molecule has 0 aliphatic carbocycles. The van der Waals surface area contributed by atoms with Crippen molar-refractivity contribution in [1.29, 1.82) is 0 Å². The minimum absolute atomic E-state index is 0.0639. The van der Waals surface area contributed by atoms with Crippen LogP contribution in [0.5, 0.6) is 0 Å². The van der Waals surface area contributed by atoms with Crippen LogP contribution in [-0.4, -0.2) is 17.0 Å². The summed E-state index contributed by atoms with van der Waals surface area (Å²) in [6.45, 7) is 3.08. The highest BCUT2D eigenvalue weighted by Crippen LogP contribution is 2.25. The molecule has 4 nitrogen and oxygen atoms in total. The molecule has 0 aromatic heterocycles. The molecule has 0 atom stereocenters. The lowest BCUT2D eigenvalue weighted by atomic mass is 9.89. The summed E-state index contributed by atoms with van der Waals surface area (Å²) < 4.78 is 0. The molecule has 104 valence electrons. The van der Waals surface area contributed by atoms with Gasteiger partial charge in [0.2, 0.25) is 5.91 Å². The first-order valence-electron chi connectivity index (χ1n) is 6.41. The Hall–Kier alpha value is -2.36. The second-order valence-electron chi connectivity index (χ2n) is 5.44. The smallest absolute Gasteiger partial charge is 0.309 e. The molecule has 2 aromatic carbocycles. The molecule has 0 radical (unpaired) electrons. The van der Waals surface area contributed by atoms with Gasteiger partial charge < -0.3 is 10.4 Å². The van der Waals surface area contributed by atoms with Gasteiger partial charge in [-0.1, -0.05) is 36.4 Å². The SMILES string of the molecule is CC(C)(CC(=O)Nc1cccc2ccccc12)C(=O)O. The minimum atomic E-state index is -1.07. The summed E-state index contributed by atoms with van der Waals surface area (Å²) in [7, 11) is 0. The number of anilines is 1. The third-order valence-electron chi connectivity index (χ3n) is 3.25. The van der Waals surface area contributed by atoms with Crippen molar-refractivity contribution in [2.24, 2.45) is 5.41 Å². The van der Waals surface area contributed by atoms with Gasteiger partial charge in [0.25, 0.3) is 0 Å². The topological polar surface area (TPSA) is 66.4 Å². The summed E-state index contributed by atoms with van der Waals surface area (Å²) in [5.74, 6) is -1.28. The highest BCUT2D eigenvalue weighted by Gasteiger charge is 2.30. The van der Waals surface area contributed by atoms with Crippen LogP contribution < -0.4 is 5.32 Å². The van der Waals surface area contributed by atoms with E-state index in [0.29, 0.717) is 5.69 Å². The van der Waals surface area contributed by atoms with Crippen molar-refractivity contribution in [1.82, 2.24) is 0 Å². The Balaban J connectivity index is 2.21. The zero-order chi connectivity index (χ0) is 14.8. The number of carbonyl (C=O) groups excluding carboxylic acids is 1. The van der Waals surface area contributed by atoms with E-state index >= 15 is 0 Å². The molecule has 2 N–H and O–H groups in total. The number of aliphatic carboxylic acids is 1. The number of fused-ring (bicyclic) bond motifs is 1. The van der Waals surface area contributed by atoms with E-state index in [2.05, 4.69) is 5.32 Å². The molecule has 0 spiro atoms. The normalized spacial score (nSPS) is 11.3. The van der Waals surface area contributed by atoms with Gasteiger partial charge in [-0.25, -0.2) is 0 Å². The Bertz CT molecular complexity index is 656. The molecule has 4 heteroatoms. The number of benzene rings is 2. The van der Waals surface area contributed by atoms with E-state index in [1.54, 1.807) is 0 Å². The summed E-state index contributed by atoms with van der Waals surface area (Å²) >= 11 is 0. The van der Waals surface area contributed by atoms with Crippen molar-refractivity contribution in [3.8, 4) is 0 Å². The number of carboxylic acids is 1. The van der Waals surface area contributed by atoms with Gasteiger partial charge in [-0.2, -0.15) is 0 Å². The molecule has 1 amide bonds. The van der Waals surface area contributed by atoms with Gasteiger partial charge in [-0.3, -0.25) is 9.59 Å². The van der Waals surface area contributed by atoms with Crippen molar-refractivity contribution in [3.63, 3.8) is 0 Å². The maximum atomic E-state index is 12.0. The number of carboxylic acid groups (broad SMARTS) is 1. The number of rotatable bonds is 4. The molecule has 0 heterocycles. The number of carbonyl (C=O) groups is 2. The van der Waals surface area contributed by atoms with E-state index in [4.69, 9.17) is 5.11 Å². The lowest BCUT2D eigenvalue weighted by Gasteiger charge is -2.18. The fourth-order valence-corrected chi connectivity index (χ4v) is 2.01. The van der Waals surface area contributed by atoms with Crippen LogP contribution in [-0.2, 0) is 9.59 Å². The Kier molecular flexibility index (Phi) is 3.74. The second-order valence-corrected chi connectivity index (χ2v) is 5.44. The number of hydrogen-bond donors (Lipinski definition) is 2. The van der Waals surface area contributed by atoms with Crippen molar-refractivity contribution in [3.05, 3.63) is 42.5 Å². The largest absolute Gasteiger partial charge is 0.481 e. The Morgan fingerprint density at radius 3 is 2.45 bits per heavy atom. The van der Waals surface area contributed by atoms with Gasteiger partial charge in [0.1, 0.15) is 0 Å². The van der Waals surface area contributed by atoms with Crippen LogP contribution in [0.1, 0.15) is 20.3 Å². The maximum absolute atomic E-state index is 12.0. The van der Waals surface area contributed by atoms with E-state index in [1.807, 2.05) is 42.5 Å². The molecule has 0 bridgehead atoms. The summed E-state index contributed by atoms with van der Waals surface area (Å²) in [6, 6.07) is 13.4. The van der Waals surface area contributed by atoms with Gasteiger partial charge >= 0.3 is 5.97 Å². The highest BCUT2D eigenvalue weighted by molar-refractivity contribution is 6.03. The molecule has 0 saturated heterocycles. The van der Waals surface area contributed by atoms with Gasteiger partial charge in [0.05, 0.1) is 5.41 Å². The quantitative estimate of drug-likeness (QED) is 0.896. The number of amides is 1. The summed E-state index contributed by atoms with van der Waals surface area (Å²) in [6.07, 6.45) is -0.0639. The maximum Gasteiger partial charge on any atom is 0.309 e. The van der Waals surface area contributed by atoms with Crippen molar-refractivity contribution in [2.45, 2.75) is 20.3 Å². The number of hydrogen-bond acceptors (Lipinski definition) is 2. The Morgan fingerprint density at radius 2 is 1.75 bits per heavy atom. The van der Waals surface area contributed by atoms with Gasteiger partial charge in [0.15, 0.2) is 0 Å². The Morgan fingerprint density at radius 1 is 1.10 bits per heavy atom. The number of nitrogens with one attached hydrogen (secondary N) is 1. The fraction of sp³-hybridized carbons (Fsp3) is 0.250. The van der Waals surface area contributed by atoms with E-state index < -0.39 is 11.4 Å². The van der Waals surface area contributed by atoms with E-state index in [9.17, 15) is 9.59 Å². The molecule has 0 aliphatic rings.